The van der Waals surface area contributed by atoms with Crippen molar-refractivity contribution in [2.75, 3.05) is 42.6 Å². The topological polar surface area (TPSA) is 93.1 Å². The first-order chi connectivity index (χ1) is 21.6. The number of aliphatic hydroxyl groups excluding tert-OH is 2. The van der Waals surface area contributed by atoms with Crippen LogP contribution in [-0.2, 0) is 25.8 Å². The van der Waals surface area contributed by atoms with Gasteiger partial charge in [-0.1, -0.05) is 48.5 Å². The van der Waals surface area contributed by atoms with Crippen LogP contribution < -0.4 is 15.1 Å². The largest absolute Gasteiger partial charge is 0.396 e. The van der Waals surface area contributed by atoms with Crippen LogP contribution in [0.1, 0.15) is 55.8 Å². The lowest BCUT2D eigenvalue weighted by molar-refractivity contribution is 0.0981. The monoisotopic (exact) mass is 589 g/mol. The van der Waals surface area contributed by atoms with Crippen LogP contribution in [-0.4, -0.2) is 54.9 Å². The zero-order valence-corrected chi connectivity index (χ0v) is 25.0. The van der Waals surface area contributed by atoms with Gasteiger partial charge in [0.05, 0.1) is 6.61 Å². The summed E-state index contributed by atoms with van der Waals surface area (Å²) in [6.45, 7) is 2.61. The summed E-state index contributed by atoms with van der Waals surface area (Å²) in [7, 11) is 0. The molecule has 0 saturated carbocycles. The van der Waals surface area contributed by atoms with E-state index in [9.17, 15) is 9.59 Å². The van der Waals surface area contributed by atoms with Crippen LogP contribution in [0.15, 0.2) is 84.9 Å². The Morgan fingerprint density at radius 3 is 1.77 bits per heavy atom. The van der Waals surface area contributed by atoms with Crippen molar-refractivity contribution in [2.45, 2.75) is 38.6 Å². The van der Waals surface area contributed by atoms with Crippen molar-refractivity contribution >= 4 is 23.2 Å². The lowest BCUT2D eigenvalue weighted by Gasteiger charge is -2.20. The normalized spacial score (nSPS) is 13.7. The van der Waals surface area contributed by atoms with Crippen LogP contribution >= 0.6 is 0 Å². The Hall–Kier alpha value is -4.30. The highest BCUT2D eigenvalue weighted by molar-refractivity contribution is 6.09. The summed E-state index contributed by atoms with van der Waals surface area (Å²) < 4.78 is 0. The SMILES string of the molecule is O=C(c1cccc(CCCCO)c1)N1CCc2c(-c3cccc4c3CCN4C(=O)c3cccc(CNCCO)c3)cccc21. The first-order valence-electron chi connectivity index (χ1n) is 15.6. The number of rotatable bonds is 11. The molecule has 2 heterocycles. The Bertz CT molecular complexity index is 1540. The highest BCUT2D eigenvalue weighted by Gasteiger charge is 2.31. The Morgan fingerprint density at radius 1 is 0.659 bits per heavy atom. The van der Waals surface area contributed by atoms with Gasteiger partial charge in [-0.25, -0.2) is 0 Å². The molecular weight excluding hydrogens is 550 g/mol. The van der Waals surface area contributed by atoms with Crippen LogP contribution in [0, 0.1) is 0 Å². The van der Waals surface area contributed by atoms with E-state index in [-0.39, 0.29) is 25.0 Å². The van der Waals surface area contributed by atoms with Crippen LogP contribution in [0.25, 0.3) is 11.1 Å². The molecule has 0 unspecified atom stereocenters. The van der Waals surface area contributed by atoms with Crippen molar-refractivity contribution in [3.63, 3.8) is 0 Å². The first kappa shape index (κ1) is 29.8. The molecule has 0 bridgehead atoms. The van der Waals surface area contributed by atoms with Crippen LogP contribution in [0.5, 0.6) is 0 Å². The number of benzene rings is 4. The third-order valence-corrected chi connectivity index (χ3v) is 8.67. The second kappa shape index (κ2) is 13.6. The third kappa shape index (κ3) is 6.04. The quantitative estimate of drug-likeness (QED) is 0.210. The highest BCUT2D eigenvalue weighted by Crippen LogP contribution is 2.42. The predicted molar refractivity (Wildman–Crippen MR) is 174 cm³/mol. The predicted octanol–water partition coefficient (Wildman–Crippen LogP) is 5.16. The van der Waals surface area contributed by atoms with Gasteiger partial charge in [-0.05, 0) is 102 Å². The van der Waals surface area contributed by atoms with Crippen LogP contribution in [0.2, 0.25) is 0 Å². The fourth-order valence-electron chi connectivity index (χ4n) is 6.53. The van der Waals surface area contributed by atoms with Gasteiger partial charge in [0.25, 0.3) is 11.8 Å². The summed E-state index contributed by atoms with van der Waals surface area (Å²) in [5, 5.41) is 21.3. The minimum atomic E-state index is -0.0152. The number of aryl methyl sites for hydroxylation is 1. The van der Waals surface area contributed by atoms with Crippen molar-refractivity contribution in [1.29, 1.82) is 0 Å². The van der Waals surface area contributed by atoms with Gasteiger partial charge in [0.15, 0.2) is 0 Å². The maximum absolute atomic E-state index is 13.7. The average molecular weight is 590 g/mol. The molecule has 44 heavy (non-hydrogen) atoms. The smallest absolute Gasteiger partial charge is 0.258 e. The van der Waals surface area contributed by atoms with E-state index in [0.29, 0.717) is 37.3 Å². The van der Waals surface area contributed by atoms with E-state index >= 15 is 0 Å². The molecule has 0 atom stereocenters. The van der Waals surface area contributed by atoms with E-state index in [0.717, 1.165) is 71.3 Å². The number of nitrogens with one attached hydrogen (secondary N) is 1. The highest BCUT2D eigenvalue weighted by atomic mass is 16.3. The second-order valence-corrected chi connectivity index (χ2v) is 11.5. The molecule has 2 amide bonds. The lowest BCUT2D eigenvalue weighted by Crippen LogP contribution is -2.29. The number of amides is 2. The van der Waals surface area contributed by atoms with Gasteiger partial charge in [0.2, 0.25) is 0 Å². The summed E-state index contributed by atoms with van der Waals surface area (Å²) in [5.41, 5.74) is 9.93. The van der Waals surface area contributed by atoms with E-state index in [4.69, 9.17) is 10.2 Å². The van der Waals surface area contributed by atoms with Crippen molar-refractivity contribution in [1.82, 2.24) is 5.32 Å². The second-order valence-electron chi connectivity index (χ2n) is 11.5. The number of carbonyl (C=O) groups excluding carboxylic acids is 2. The molecule has 3 N–H and O–H groups in total. The molecule has 0 aliphatic carbocycles. The molecule has 2 aliphatic rings. The molecule has 0 fully saturated rings. The van der Waals surface area contributed by atoms with Gasteiger partial charge in [-0.3, -0.25) is 9.59 Å². The molecule has 0 saturated heterocycles. The van der Waals surface area contributed by atoms with Gasteiger partial charge in [0.1, 0.15) is 0 Å². The molecular formula is C37H39N3O4. The van der Waals surface area contributed by atoms with E-state index in [1.54, 1.807) is 0 Å². The zero-order chi connectivity index (χ0) is 30.5. The molecule has 7 nitrogen and oxygen atoms in total. The third-order valence-electron chi connectivity index (χ3n) is 8.67. The maximum Gasteiger partial charge on any atom is 0.258 e. The van der Waals surface area contributed by atoms with Gasteiger partial charge >= 0.3 is 0 Å². The summed E-state index contributed by atoms with van der Waals surface area (Å²) in [6, 6.07) is 27.9. The Morgan fingerprint density at radius 2 is 1.20 bits per heavy atom. The van der Waals surface area contributed by atoms with Crippen LogP contribution in [0.3, 0.4) is 0 Å². The van der Waals surface area contributed by atoms with E-state index < -0.39 is 0 Å². The molecule has 0 aromatic heterocycles. The van der Waals surface area contributed by atoms with Crippen molar-refractivity contribution in [2.24, 2.45) is 0 Å². The number of unbranched alkanes of at least 4 members (excludes halogenated alkanes) is 1. The fourth-order valence-corrected chi connectivity index (χ4v) is 6.53. The maximum atomic E-state index is 13.7. The molecule has 4 aromatic carbocycles. The average Bonchev–Trinajstić information content (AvgIpc) is 3.70. The van der Waals surface area contributed by atoms with Gasteiger partial charge in [0, 0.05) is 55.3 Å². The van der Waals surface area contributed by atoms with Crippen molar-refractivity contribution in [3.8, 4) is 11.1 Å². The summed E-state index contributed by atoms with van der Waals surface area (Å²) in [5.74, 6) is -0.00711. The first-order valence-corrected chi connectivity index (χ1v) is 15.6. The van der Waals surface area contributed by atoms with Gasteiger partial charge < -0.3 is 25.3 Å². The molecule has 6 rings (SSSR count). The number of hydrogen-bond donors (Lipinski definition) is 3. The molecule has 2 aliphatic heterocycles. The number of carbonyl (C=O) groups is 2. The molecule has 0 radical (unpaired) electrons. The number of hydrogen-bond acceptors (Lipinski definition) is 5. The summed E-state index contributed by atoms with van der Waals surface area (Å²) in [6.07, 6.45) is 4.03. The summed E-state index contributed by atoms with van der Waals surface area (Å²) >= 11 is 0. The number of aliphatic hydroxyl groups is 2. The molecule has 0 spiro atoms. The number of anilines is 2. The lowest BCUT2D eigenvalue weighted by atomic mass is 9.93. The van der Waals surface area contributed by atoms with Crippen molar-refractivity contribution in [3.05, 3.63) is 118 Å². The Labute approximate surface area is 258 Å². The van der Waals surface area contributed by atoms with E-state index in [1.807, 2.05) is 82.6 Å². The minimum Gasteiger partial charge on any atom is -0.396 e. The van der Waals surface area contributed by atoms with Crippen molar-refractivity contribution < 1.29 is 19.8 Å². The standard InChI is InChI=1S/C37H39N3O4/c41-21-2-1-7-26-8-3-10-28(23-26)36(43)39-19-16-32-30(12-5-14-34(32)39)31-13-6-15-35-33(31)17-20-40(35)37(44)29-11-4-9-27(24-29)25-38-18-22-42/h3-6,8-15,23-24,38,41-42H,1-2,7,16-22,25H2. The van der Waals surface area contributed by atoms with Gasteiger partial charge in [-0.15, -0.1) is 0 Å². The molecule has 226 valence electrons. The zero-order valence-electron chi connectivity index (χ0n) is 25.0. The number of nitrogens with zero attached hydrogens (tertiary/aromatic N) is 2. The van der Waals surface area contributed by atoms with Gasteiger partial charge in [-0.2, -0.15) is 0 Å². The summed E-state index contributed by atoms with van der Waals surface area (Å²) in [4.78, 5) is 31.2. The van der Waals surface area contributed by atoms with Crippen LogP contribution in [0.4, 0.5) is 11.4 Å². The fraction of sp³-hybridized carbons (Fsp3) is 0.297. The molecule has 7 heteroatoms. The van der Waals surface area contributed by atoms with E-state index in [1.165, 1.54) is 5.56 Å². The Kier molecular flexibility index (Phi) is 9.17. The minimum absolute atomic E-state index is 0.00811. The molecule has 4 aromatic rings. The number of fused-ring (bicyclic) bond motifs is 2. The Balaban J connectivity index is 1.25. The van der Waals surface area contributed by atoms with E-state index in [2.05, 4.69) is 17.4 Å².